The van der Waals surface area contributed by atoms with E-state index in [4.69, 9.17) is 20.4 Å². The number of carboxylic acids is 1. The largest absolute Gasteiger partial charge is 0.490 e. The zero-order valence-corrected chi connectivity index (χ0v) is 31.6. The first-order valence-electron chi connectivity index (χ1n) is 16.9. The smallest absolute Gasteiger partial charge is 0.475 e. The van der Waals surface area contributed by atoms with E-state index in [2.05, 4.69) is 20.6 Å². The van der Waals surface area contributed by atoms with E-state index in [0.717, 1.165) is 15.8 Å². The Morgan fingerprint density at radius 1 is 1.07 bits per heavy atom. The number of thiazole rings is 1. The topological polar surface area (TPSA) is 180 Å². The van der Waals surface area contributed by atoms with Gasteiger partial charge in [-0.25, -0.2) is 19.6 Å². The fourth-order valence-electron chi connectivity index (χ4n) is 6.24. The second-order valence-electron chi connectivity index (χ2n) is 13.1. The Hall–Kier alpha value is -6.37. The molecule has 0 unspecified atom stereocenters. The first-order chi connectivity index (χ1) is 26.7. The van der Waals surface area contributed by atoms with Gasteiger partial charge in [-0.2, -0.15) is 22.0 Å². The highest BCUT2D eigenvalue weighted by atomic mass is 32.1. The van der Waals surface area contributed by atoms with E-state index in [1.807, 2.05) is 11.4 Å². The number of ether oxygens (including phenoxy) is 1. The van der Waals surface area contributed by atoms with Gasteiger partial charge in [-0.1, -0.05) is 12.1 Å². The van der Waals surface area contributed by atoms with Gasteiger partial charge in [0.2, 0.25) is 5.91 Å². The zero-order valence-electron chi connectivity index (χ0n) is 30.8. The number of aryl methyl sites for hydroxylation is 2. The molecule has 0 saturated heterocycles. The van der Waals surface area contributed by atoms with Crippen LogP contribution in [0.5, 0.6) is 0 Å². The number of halogens is 5. The molecule has 5 N–H and O–H groups in total. The molecule has 0 fully saturated rings. The van der Waals surface area contributed by atoms with Crippen LogP contribution in [0.2, 0.25) is 0 Å². The van der Waals surface area contributed by atoms with E-state index in [1.165, 1.54) is 65.3 Å². The molecule has 5 aromatic rings. The Morgan fingerprint density at radius 3 is 2.39 bits per heavy atom. The molecule has 0 aliphatic carbocycles. The molecular formula is C38H36F5N7O6S. The number of carbonyl (C=O) groups excluding carboxylic acids is 3. The molecule has 13 nitrogen and oxygen atoms in total. The van der Waals surface area contributed by atoms with Gasteiger partial charge in [-0.05, 0) is 84.0 Å². The summed E-state index contributed by atoms with van der Waals surface area (Å²) in [7, 11) is 3.24. The van der Waals surface area contributed by atoms with Crippen LogP contribution in [0.3, 0.4) is 0 Å². The van der Waals surface area contributed by atoms with Gasteiger partial charge in [0.1, 0.15) is 16.9 Å². The summed E-state index contributed by atoms with van der Waals surface area (Å²) >= 11 is 1.42. The lowest BCUT2D eigenvalue weighted by Crippen LogP contribution is -2.36. The van der Waals surface area contributed by atoms with Crippen LogP contribution in [0.1, 0.15) is 49.2 Å². The van der Waals surface area contributed by atoms with Gasteiger partial charge in [0.15, 0.2) is 6.61 Å². The number of nitrogens with two attached hydrogens (primary N) is 1. The molecule has 7 rings (SSSR count). The summed E-state index contributed by atoms with van der Waals surface area (Å²) in [5.74, 6) is -6.65. The minimum Gasteiger partial charge on any atom is -0.475 e. The van der Waals surface area contributed by atoms with Crippen LogP contribution >= 0.6 is 11.3 Å². The summed E-state index contributed by atoms with van der Waals surface area (Å²) in [5.41, 5.74) is 8.16. The van der Waals surface area contributed by atoms with Crippen LogP contribution in [-0.4, -0.2) is 75.6 Å². The summed E-state index contributed by atoms with van der Waals surface area (Å²) in [6.45, 7) is 2.10. The third-order valence-corrected chi connectivity index (χ3v) is 9.57. The third-order valence-electron chi connectivity index (χ3n) is 8.80. The number of aromatic nitrogens is 2. The number of nitrogen functional groups attached to an aromatic ring is 1. The van der Waals surface area contributed by atoms with Crippen LogP contribution in [0.4, 0.5) is 43.9 Å². The van der Waals surface area contributed by atoms with Crippen molar-refractivity contribution in [1.29, 1.82) is 0 Å². The van der Waals surface area contributed by atoms with Gasteiger partial charge < -0.3 is 30.7 Å². The lowest BCUT2D eigenvalue weighted by molar-refractivity contribution is -0.192. The number of pyridine rings is 1. The van der Waals surface area contributed by atoms with Crippen LogP contribution in [0.25, 0.3) is 10.8 Å². The number of alkyl halides is 5. The second kappa shape index (κ2) is 16.8. The molecule has 2 aliphatic heterocycles. The van der Waals surface area contributed by atoms with Crippen molar-refractivity contribution in [2.24, 2.45) is 0 Å². The molecule has 57 heavy (non-hydrogen) atoms. The Kier molecular flexibility index (Phi) is 12.3. The average molecular weight is 814 g/mol. The van der Waals surface area contributed by atoms with E-state index in [9.17, 15) is 27.6 Å². The minimum atomic E-state index is -5.08. The lowest BCUT2D eigenvalue weighted by atomic mass is 9.91. The Bertz CT molecular complexity index is 2300. The highest BCUT2D eigenvalue weighted by Crippen LogP contribution is 2.37. The number of nitrogens with zero attached hydrogens (tertiary/aromatic N) is 4. The third kappa shape index (κ3) is 9.90. The average Bonchev–Trinajstić information content (AvgIpc) is 3.65. The number of hydrogen-bond acceptors (Lipinski definition) is 10. The van der Waals surface area contributed by atoms with E-state index < -0.39 is 42.7 Å². The highest BCUT2D eigenvalue weighted by Gasteiger charge is 2.39. The SMILES string of the molecule is Cc1cc2cc(C)c1C(F)(F)COC(=O)Nc1ccc(C(=O)N(C)Cc3nccs3)c(c1)CN(C)C(=O)[C@@H]2Nc1ccc2c(N)nccc2c1.O=C(O)C(F)(F)F. The maximum absolute atomic E-state index is 15.6. The predicted octanol–water partition coefficient (Wildman–Crippen LogP) is 7.26. The number of fused-ring (bicyclic) bond motifs is 10. The molecule has 0 radical (unpaired) electrons. The van der Waals surface area contributed by atoms with Gasteiger partial charge >= 0.3 is 24.2 Å². The first-order valence-corrected chi connectivity index (χ1v) is 17.8. The molecule has 0 spiro atoms. The van der Waals surface area contributed by atoms with Crippen LogP contribution in [0, 0.1) is 13.8 Å². The van der Waals surface area contributed by atoms with Crippen molar-refractivity contribution in [3.8, 4) is 0 Å². The molecule has 300 valence electrons. The number of carbonyl (C=O) groups is 4. The number of carboxylic acid groups (broad SMARTS) is 1. The molecule has 1 atom stereocenters. The number of anilines is 3. The second-order valence-corrected chi connectivity index (χ2v) is 14.1. The van der Waals surface area contributed by atoms with Gasteiger partial charge in [-0.15, -0.1) is 11.3 Å². The summed E-state index contributed by atoms with van der Waals surface area (Å²) in [6, 6.07) is 13.8. The van der Waals surface area contributed by atoms with Crippen molar-refractivity contribution in [2.75, 3.05) is 37.1 Å². The summed E-state index contributed by atoms with van der Waals surface area (Å²) < 4.78 is 68.0. The normalized spacial score (nSPS) is 15.6. The Labute approximate surface area is 326 Å². The number of hydrogen-bond donors (Lipinski definition) is 4. The van der Waals surface area contributed by atoms with Gasteiger partial charge in [0.05, 0.1) is 6.54 Å². The Balaban J connectivity index is 0.000000811. The predicted molar refractivity (Wildman–Crippen MR) is 202 cm³/mol. The van der Waals surface area contributed by atoms with Gasteiger partial charge in [-0.3, -0.25) is 14.9 Å². The molecular weight excluding hydrogens is 778 g/mol. The summed E-state index contributed by atoms with van der Waals surface area (Å²) in [6.07, 6.45) is -2.92. The number of rotatable bonds is 5. The van der Waals surface area contributed by atoms with Crippen LogP contribution in [-0.2, 0) is 33.3 Å². The molecule has 4 heterocycles. The molecule has 3 aromatic carbocycles. The monoisotopic (exact) mass is 813 g/mol. The molecule has 0 saturated carbocycles. The van der Waals surface area contributed by atoms with Crippen molar-refractivity contribution >= 4 is 63.2 Å². The molecule has 2 aromatic heterocycles. The van der Waals surface area contributed by atoms with Crippen LogP contribution in [0.15, 0.2) is 72.4 Å². The summed E-state index contributed by atoms with van der Waals surface area (Å²) in [5, 5.41) is 17.0. The quantitative estimate of drug-likeness (QED) is 0.132. The number of benzene rings is 3. The lowest BCUT2D eigenvalue weighted by Gasteiger charge is -2.29. The van der Waals surface area contributed by atoms with E-state index >= 15 is 8.78 Å². The number of amides is 3. The van der Waals surface area contributed by atoms with Gasteiger partial charge in [0.25, 0.3) is 5.91 Å². The van der Waals surface area contributed by atoms with E-state index in [0.29, 0.717) is 22.6 Å². The van der Waals surface area contributed by atoms with Crippen molar-refractivity contribution in [2.45, 2.75) is 45.1 Å². The molecule has 2 aliphatic rings. The van der Waals surface area contributed by atoms with Crippen molar-refractivity contribution in [3.05, 3.63) is 111 Å². The van der Waals surface area contributed by atoms with Crippen molar-refractivity contribution in [1.82, 2.24) is 19.8 Å². The van der Waals surface area contributed by atoms with Gasteiger partial charge in [0, 0.05) is 66.3 Å². The summed E-state index contributed by atoms with van der Waals surface area (Å²) in [4.78, 5) is 61.2. The first kappa shape index (κ1) is 41.8. The zero-order chi connectivity index (χ0) is 41.8. The maximum atomic E-state index is 15.6. The number of likely N-dealkylation sites (N-methyl/N-ethyl adjacent to an activating group) is 1. The Morgan fingerprint density at radius 2 is 1.75 bits per heavy atom. The number of aliphatic carboxylic acids is 1. The maximum Gasteiger partial charge on any atom is 0.490 e. The standard InChI is InChI=1S/C36H35F2N7O4S.C2HF3O2/c1-20-13-23-14-21(2)30(20)36(37,38)19-49-35(48)43-26-6-8-28(33(46)45(4)18-29-40-11-12-50-29)24(16-26)17-44(3)34(47)31(23)42-25-5-7-27-22(15-25)9-10-41-32(27)39;3-2(4,5)1(6)7/h5-16,31,42H,17-19H2,1-4H3,(H2,39,41)(H,43,48);(H,6,7)/t31-;/m1./s1. The highest BCUT2D eigenvalue weighted by molar-refractivity contribution is 7.09. The fraction of sp³-hybridized carbons (Fsp3) is 0.263. The van der Waals surface area contributed by atoms with Crippen molar-refractivity contribution in [3.63, 3.8) is 0 Å². The molecule has 19 heteroatoms. The number of nitrogens with one attached hydrogen (secondary N) is 2. The molecule has 4 bridgehead atoms. The van der Waals surface area contributed by atoms with Crippen molar-refractivity contribution < 1.29 is 51.0 Å². The molecule has 3 amide bonds. The fourth-order valence-corrected chi connectivity index (χ4v) is 6.91. The van der Waals surface area contributed by atoms with Crippen LogP contribution < -0.4 is 16.4 Å². The van der Waals surface area contributed by atoms with E-state index in [1.54, 1.807) is 44.7 Å². The van der Waals surface area contributed by atoms with E-state index in [-0.39, 0.29) is 46.9 Å². The minimum absolute atomic E-state index is 0.0260.